The molecule has 174 valence electrons. The number of benzene rings is 1. The van der Waals surface area contributed by atoms with Gasteiger partial charge in [-0.15, -0.1) is 5.10 Å². The van der Waals surface area contributed by atoms with Gasteiger partial charge in [-0.3, -0.25) is 14.3 Å². The number of amides is 2. The third kappa shape index (κ3) is 4.63. The molecular weight excluding hydrogens is 446 g/mol. The Morgan fingerprint density at radius 3 is 2.74 bits per heavy atom. The maximum Gasteiger partial charge on any atom is 0.293 e. The quantitative estimate of drug-likeness (QED) is 0.213. The minimum absolute atomic E-state index is 0.0240. The van der Waals surface area contributed by atoms with Crippen molar-refractivity contribution in [2.24, 2.45) is 10.8 Å². The lowest BCUT2D eigenvalue weighted by Crippen LogP contribution is -2.20. The Labute approximate surface area is 191 Å². The first-order valence-corrected chi connectivity index (χ1v) is 9.74. The highest BCUT2D eigenvalue weighted by Crippen LogP contribution is 2.21. The molecule has 0 aliphatic rings. The number of primary amides is 1. The van der Waals surface area contributed by atoms with Crippen LogP contribution in [0.15, 0.2) is 46.3 Å². The number of hydrazone groups is 1. The summed E-state index contributed by atoms with van der Waals surface area (Å²) in [6.07, 6.45) is 2.99. The number of anilines is 1. The van der Waals surface area contributed by atoms with Crippen molar-refractivity contribution in [2.45, 2.75) is 13.2 Å². The Hall–Kier alpha value is -4.92. The van der Waals surface area contributed by atoms with E-state index in [1.807, 2.05) is 30.3 Å². The van der Waals surface area contributed by atoms with Gasteiger partial charge in [-0.05, 0) is 10.3 Å². The summed E-state index contributed by atoms with van der Waals surface area (Å²) in [5.74, 6) is -1.17. The average Bonchev–Trinajstić information content (AvgIpc) is 3.53. The first-order valence-electron chi connectivity index (χ1n) is 9.74. The van der Waals surface area contributed by atoms with Crippen LogP contribution in [0.3, 0.4) is 0 Å². The number of nitrogens with zero attached hydrogens (tertiary/aromatic N) is 8. The number of nitrogens with two attached hydrogens (primary N) is 2. The lowest BCUT2D eigenvalue weighted by atomic mass is 10.1. The fourth-order valence-corrected chi connectivity index (χ4v) is 3.06. The molecule has 15 heteroatoms. The number of ether oxygens (including phenoxy) is 1. The van der Waals surface area contributed by atoms with Gasteiger partial charge in [0.15, 0.2) is 5.69 Å². The number of hydrogen-bond acceptors (Lipinski definition) is 11. The Kier molecular flexibility index (Phi) is 6.35. The van der Waals surface area contributed by atoms with Gasteiger partial charge in [-0.2, -0.15) is 14.9 Å². The molecule has 5 N–H and O–H groups in total. The monoisotopic (exact) mass is 465 g/mol. The first kappa shape index (κ1) is 22.3. The van der Waals surface area contributed by atoms with Gasteiger partial charge in [-0.1, -0.05) is 35.5 Å². The van der Waals surface area contributed by atoms with Crippen LogP contribution in [0.4, 0.5) is 5.82 Å². The van der Waals surface area contributed by atoms with Crippen molar-refractivity contribution in [3.63, 3.8) is 0 Å². The molecule has 2 amide bonds. The second-order valence-corrected chi connectivity index (χ2v) is 6.86. The van der Waals surface area contributed by atoms with Gasteiger partial charge >= 0.3 is 0 Å². The topological polar surface area (TPSA) is 207 Å². The Morgan fingerprint density at radius 2 is 2.06 bits per heavy atom. The summed E-state index contributed by atoms with van der Waals surface area (Å²) in [6, 6.07) is 9.27. The second-order valence-electron chi connectivity index (χ2n) is 6.86. The lowest BCUT2D eigenvalue weighted by Gasteiger charge is -2.03. The van der Waals surface area contributed by atoms with E-state index in [1.165, 1.54) is 22.7 Å². The zero-order valence-corrected chi connectivity index (χ0v) is 17.8. The van der Waals surface area contributed by atoms with Gasteiger partial charge in [0.1, 0.15) is 17.9 Å². The average molecular weight is 465 g/mol. The van der Waals surface area contributed by atoms with Crippen LogP contribution in [-0.2, 0) is 22.7 Å². The molecule has 0 saturated heterocycles. The molecule has 15 nitrogen and oxygen atoms in total. The van der Waals surface area contributed by atoms with Crippen LogP contribution in [0.2, 0.25) is 0 Å². The molecule has 0 fully saturated rings. The number of rotatable bonds is 9. The standard InChI is InChI=1S/C19H19N11O4/c1-33-10-13-16(23-28-30(13)18-17(21)26-34-27-18)19(32)24-22-7-12-8-29(9-14(20)31)25-15(12)11-5-3-2-4-6-11/h2-8H,9-10H2,1H3,(H2,20,31)(H2,21,26)(H,24,32)/b22-7+. The van der Waals surface area contributed by atoms with Crippen LogP contribution < -0.4 is 16.9 Å². The van der Waals surface area contributed by atoms with Crippen LogP contribution >= 0.6 is 0 Å². The number of nitrogen functional groups attached to an aromatic ring is 1. The van der Waals surface area contributed by atoms with Gasteiger partial charge in [0.2, 0.25) is 17.5 Å². The third-order valence-electron chi connectivity index (χ3n) is 4.48. The second kappa shape index (κ2) is 9.70. The molecule has 3 aromatic heterocycles. The fourth-order valence-electron chi connectivity index (χ4n) is 3.06. The first-order chi connectivity index (χ1) is 16.5. The molecule has 4 rings (SSSR count). The predicted molar refractivity (Wildman–Crippen MR) is 116 cm³/mol. The molecule has 0 aliphatic heterocycles. The normalized spacial score (nSPS) is 11.2. The van der Waals surface area contributed by atoms with E-state index >= 15 is 0 Å². The van der Waals surface area contributed by atoms with E-state index in [0.717, 1.165) is 5.56 Å². The number of aromatic nitrogens is 7. The summed E-state index contributed by atoms with van der Waals surface area (Å²) in [5.41, 5.74) is 15.5. The van der Waals surface area contributed by atoms with E-state index in [9.17, 15) is 9.59 Å². The Balaban J connectivity index is 1.58. The number of nitrogens with one attached hydrogen (secondary N) is 1. The van der Waals surface area contributed by atoms with Gasteiger partial charge in [0, 0.05) is 24.4 Å². The van der Waals surface area contributed by atoms with Crippen molar-refractivity contribution < 1.29 is 19.0 Å². The molecule has 1 aromatic carbocycles. The van der Waals surface area contributed by atoms with Gasteiger partial charge in [0.05, 0.1) is 12.8 Å². The molecule has 0 atom stereocenters. The summed E-state index contributed by atoms with van der Waals surface area (Å²) in [4.78, 5) is 24.0. The van der Waals surface area contributed by atoms with Crippen LogP contribution in [0.25, 0.3) is 17.1 Å². The zero-order valence-electron chi connectivity index (χ0n) is 17.8. The van der Waals surface area contributed by atoms with Gasteiger partial charge < -0.3 is 16.2 Å². The molecule has 0 bridgehead atoms. The largest absolute Gasteiger partial charge is 0.378 e. The highest BCUT2D eigenvalue weighted by molar-refractivity contribution is 5.95. The molecule has 0 saturated carbocycles. The molecule has 0 aliphatic carbocycles. The number of carbonyl (C=O) groups excluding carboxylic acids is 2. The van der Waals surface area contributed by atoms with Crippen LogP contribution in [0.5, 0.6) is 0 Å². The third-order valence-corrected chi connectivity index (χ3v) is 4.48. The number of carbonyl (C=O) groups is 2. The van der Waals surface area contributed by atoms with E-state index in [1.54, 1.807) is 6.20 Å². The summed E-state index contributed by atoms with van der Waals surface area (Å²) in [7, 11) is 1.44. The molecule has 0 radical (unpaired) electrons. The SMILES string of the molecule is COCc1c(C(=O)N/N=C/c2cn(CC(N)=O)nc2-c2ccccc2)nnn1-c1nonc1N. The molecular formula is C19H19N11O4. The molecule has 3 heterocycles. The van der Waals surface area contributed by atoms with Crippen molar-refractivity contribution in [1.82, 2.24) is 40.5 Å². The summed E-state index contributed by atoms with van der Waals surface area (Å²) in [5, 5.41) is 23.3. The Bertz CT molecular complexity index is 1340. The number of methoxy groups -OCH3 is 1. The maximum atomic E-state index is 12.7. The lowest BCUT2D eigenvalue weighted by molar-refractivity contribution is -0.118. The minimum Gasteiger partial charge on any atom is -0.378 e. The van der Waals surface area contributed by atoms with E-state index in [0.29, 0.717) is 11.3 Å². The van der Waals surface area contributed by atoms with E-state index in [4.69, 9.17) is 16.2 Å². The maximum absolute atomic E-state index is 12.7. The van der Waals surface area contributed by atoms with Crippen molar-refractivity contribution in [2.75, 3.05) is 12.8 Å². The Morgan fingerprint density at radius 1 is 1.26 bits per heavy atom. The van der Waals surface area contributed by atoms with Gasteiger partial charge in [0.25, 0.3) is 5.91 Å². The highest BCUT2D eigenvalue weighted by Gasteiger charge is 2.23. The smallest absolute Gasteiger partial charge is 0.293 e. The zero-order chi connectivity index (χ0) is 24.1. The van der Waals surface area contributed by atoms with Gasteiger partial charge in [-0.25, -0.2) is 10.1 Å². The van der Waals surface area contributed by atoms with Crippen LogP contribution in [0, 0.1) is 0 Å². The van der Waals surface area contributed by atoms with Crippen molar-refractivity contribution >= 4 is 23.8 Å². The van der Waals surface area contributed by atoms with E-state index in [-0.39, 0.29) is 36.2 Å². The van der Waals surface area contributed by atoms with Crippen molar-refractivity contribution in [1.29, 1.82) is 0 Å². The fraction of sp³-hybridized carbons (Fsp3) is 0.158. The highest BCUT2D eigenvalue weighted by atomic mass is 16.6. The summed E-state index contributed by atoms with van der Waals surface area (Å²) < 4.78 is 12.3. The molecule has 0 spiro atoms. The molecule has 4 aromatic rings. The summed E-state index contributed by atoms with van der Waals surface area (Å²) in [6.45, 7) is -0.132. The van der Waals surface area contributed by atoms with Crippen molar-refractivity contribution in [3.05, 3.63) is 53.5 Å². The van der Waals surface area contributed by atoms with Crippen molar-refractivity contribution in [3.8, 4) is 17.1 Å². The number of hydrogen-bond donors (Lipinski definition) is 3. The molecule has 0 unspecified atom stereocenters. The predicted octanol–water partition coefficient (Wildman–Crippen LogP) is -0.508. The van der Waals surface area contributed by atoms with E-state index in [2.05, 4.69) is 40.9 Å². The molecule has 34 heavy (non-hydrogen) atoms. The summed E-state index contributed by atoms with van der Waals surface area (Å²) >= 11 is 0. The minimum atomic E-state index is -0.657. The van der Waals surface area contributed by atoms with E-state index < -0.39 is 11.8 Å². The van der Waals surface area contributed by atoms with Crippen LogP contribution in [-0.4, -0.2) is 60.2 Å². The van der Waals surface area contributed by atoms with Crippen LogP contribution in [0.1, 0.15) is 21.7 Å².